The summed E-state index contributed by atoms with van der Waals surface area (Å²) in [4.78, 5) is 4.40. The smallest absolute Gasteiger partial charge is 0.213 e. The highest BCUT2D eigenvalue weighted by Gasteiger charge is 2.02. The molecule has 1 N–H and O–H groups in total. The molecule has 15 heavy (non-hydrogen) atoms. The van der Waals surface area contributed by atoms with Gasteiger partial charge >= 0.3 is 0 Å². The van der Waals surface area contributed by atoms with Gasteiger partial charge in [0.25, 0.3) is 0 Å². The quantitative estimate of drug-likeness (QED) is 0.778. The number of hydrogen-bond acceptors (Lipinski definition) is 3. The maximum atomic E-state index is 5.18. The molecular weight excluding hydrogens is 188 g/mol. The van der Waals surface area contributed by atoms with Gasteiger partial charge in [0.1, 0.15) is 0 Å². The second kappa shape index (κ2) is 6.40. The van der Waals surface area contributed by atoms with Gasteiger partial charge in [0, 0.05) is 18.3 Å². The number of methoxy groups -OCH3 is 1. The molecule has 0 radical (unpaired) electrons. The number of aromatic nitrogens is 1. The van der Waals surface area contributed by atoms with E-state index in [-0.39, 0.29) is 0 Å². The Kier molecular flexibility index (Phi) is 5.12. The maximum Gasteiger partial charge on any atom is 0.213 e. The van der Waals surface area contributed by atoms with Gasteiger partial charge in [-0.2, -0.15) is 0 Å². The highest BCUT2D eigenvalue weighted by atomic mass is 16.5. The Morgan fingerprint density at radius 1 is 1.33 bits per heavy atom. The van der Waals surface area contributed by atoms with E-state index in [2.05, 4.69) is 30.2 Å². The molecule has 3 heteroatoms. The van der Waals surface area contributed by atoms with Crippen LogP contribution in [0.1, 0.15) is 31.5 Å². The molecule has 1 heterocycles. The van der Waals surface area contributed by atoms with E-state index < -0.39 is 0 Å². The fraction of sp³-hybridized carbons (Fsp3) is 0.583. The van der Waals surface area contributed by atoms with Crippen LogP contribution in [0, 0.1) is 0 Å². The minimum Gasteiger partial charge on any atom is -0.481 e. The zero-order valence-corrected chi connectivity index (χ0v) is 9.84. The highest BCUT2D eigenvalue weighted by Crippen LogP contribution is 2.13. The number of hydrogen-bond donors (Lipinski definition) is 1. The van der Waals surface area contributed by atoms with Crippen LogP contribution in [0.3, 0.4) is 0 Å². The summed E-state index contributed by atoms with van der Waals surface area (Å²) < 4.78 is 5.18. The highest BCUT2D eigenvalue weighted by molar-refractivity contribution is 5.25. The number of nitrogens with zero attached hydrogens (tertiary/aromatic N) is 1. The van der Waals surface area contributed by atoms with Crippen molar-refractivity contribution >= 4 is 0 Å². The van der Waals surface area contributed by atoms with Crippen LogP contribution in [-0.2, 0) is 13.0 Å². The third kappa shape index (κ3) is 3.88. The summed E-state index contributed by atoms with van der Waals surface area (Å²) in [5.41, 5.74) is 2.36. The van der Waals surface area contributed by atoms with Gasteiger partial charge in [0.05, 0.1) is 7.11 Å². The lowest BCUT2D eigenvalue weighted by Crippen LogP contribution is -2.12. The van der Waals surface area contributed by atoms with Crippen LogP contribution in [0.25, 0.3) is 0 Å². The van der Waals surface area contributed by atoms with E-state index in [9.17, 15) is 0 Å². The third-order valence-corrected chi connectivity index (χ3v) is 2.21. The van der Waals surface area contributed by atoms with Gasteiger partial charge in [-0.3, -0.25) is 0 Å². The molecule has 0 unspecified atom stereocenters. The number of rotatable bonds is 6. The van der Waals surface area contributed by atoms with Crippen LogP contribution >= 0.6 is 0 Å². The Labute approximate surface area is 91.9 Å². The van der Waals surface area contributed by atoms with Gasteiger partial charge in [-0.05, 0) is 24.6 Å². The second-order valence-electron chi connectivity index (χ2n) is 3.54. The van der Waals surface area contributed by atoms with Crippen LogP contribution in [0.2, 0.25) is 0 Å². The van der Waals surface area contributed by atoms with Crippen LogP contribution in [0.4, 0.5) is 0 Å². The Bertz CT molecular complexity index is 300. The van der Waals surface area contributed by atoms with Crippen LogP contribution in [0.5, 0.6) is 5.88 Å². The largest absolute Gasteiger partial charge is 0.481 e. The Hall–Kier alpha value is -1.09. The fourth-order valence-electron chi connectivity index (χ4n) is 1.48. The van der Waals surface area contributed by atoms with Crippen LogP contribution in [-0.4, -0.2) is 18.6 Å². The first-order valence-corrected chi connectivity index (χ1v) is 5.54. The summed E-state index contributed by atoms with van der Waals surface area (Å²) in [5, 5.41) is 3.30. The van der Waals surface area contributed by atoms with Crippen molar-refractivity contribution in [3.63, 3.8) is 0 Å². The molecule has 0 saturated carbocycles. The summed E-state index contributed by atoms with van der Waals surface area (Å²) in [7, 11) is 1.66. The maximum absolute atomic E-state index is 5.18. The normalized spacial score (nSPS) is 10.3. The molecule has 1 rings (SSSR count). The first-order valence-electron chi connectivity index (χ1n) is 5.54. The van der Waals surface area contributed by atoms with E-state index in [4.69, 9.17) is 4.74 Å². The summed E-state index contributed by atoms with van der Waals surface area (Å²) in [6, 6.07) is 4.14. The van der Waals surface area contributed by atoms with E-state index in [1.807, 2.05) is 6.07 Å². The molecule has 0 bridgehead atoms. The Morgan fingerprint density at radius 2 is 2.13 bits per heavy atom. The summed E-state index contributed by atoms with van der Waals surface area (Å²) >= 11 is 0. The van der Waals surface area contributed by atoms with Crippen molar-refractivity contribution in [3.05, 3.63) is 23.4 Å². The standard InChI is InChI=1S/C12H20N2O/c1-4-6-11-7-10(9-13-5-2)8-12(14-11)15-3/h7-8,13H,4-6,9H2,1-3H3. The van der Waals surface area contributed by atoms with E-state index in [0.29, 0.717) is 5.88 Å². The van der Waals surface area contributed by atoms with Gasteiger partial charge in [-0.15, -0.1) is 0 Å². The Morgan fingerprint density at radius 3 is 2.73 bits per heavy atom. The van der Waals surface area contributed by atoms with Crippen molar-refractivity contribution in [2.45, 2.75) is 33.2 Å². The van der Waals surface area contributed by atoms with Gasteiger partial charge in [-0.1, -0.05) is 20.3 Å². The van der Waals surface area contributed by atoms with Crippen molar-refractivity contribution in [3.8, 4) is 5.88 Å². The predicted molar refractivity (Wildman–Crippen MR) is 62.2 cm³/mol. The van der Waals surface area contributed by atoms with Gasteiger partial charge in [0.15, 0.2) is 0 Å². The molecule has 0 saturated heterocycles. The second-order valence-corrected chi connectivity index (χ2v) is 3.54. The number of nitrogens with one attached hydrogen (secondary N) is 1. The van der Waals surface area contributed by atoms with E-state index >= 15 is 0 Å². The molecule has 0 amide bonds. The van der Waals surface area contributed by atoms with Crippen molar-refractivity contribution in [2.75, 3.05) is 13.7 Å². The molecule has 1 aromatic heterocycles. The van der Waals surface area contributed by atoms with Crippen LogP contribution < -0.4 is 10.1 Å². The lowest BCUT2D eigenvalue weighted by molar-refractivity contribution is 0.395. The average molecular weight is 208 g/mol. The molecule has 0 atom stereocenters. The van der Waals surface area contributed by atoms with E-state index in [0.717, 1.165) is 31.6 Å². The SMILES string of the molecule is CCCc1cc(CNCC)cc(OC)n1. The number of ether oxygens (including phenoxy) is 1. The van der Waals surface area contributed by atoms with Crippen molar-refractivity contribution in [1.29, 1.82) is 0 Å². The first-order chi connectivity index (χ1) is 7.30. The van der Waals surface area contributed by atoms with E-state index in [1.54, 1.807) is 7.11 Å². The molecule has 0 aliphatic rings. The molecule has 1 aromatic rings. The van der Waals surface area contributed by atoms with Crippen molar-refractivity contribution in [2.24, 2.45) is 0 Å². The minimum atomic E-state index is 0.717. The summed E-state index contributed by atoms with van der Waals surface area (Å²) in [5.74, 6) is 0.717. The molecule has 0 aliphatic carbocycles. The third-order valence-electron chi connectivity index (χ3n) is 2.21. The molecule has 0 spiro atoms. The van der Waals surface area contributed by atoms with Gasteiger partial charge < -0.3 is 10.1 Å². The zero-order valence-electron chi connectivity index (χ0n) is 9.84. The fourth-order valence-corrected chi connectivity index (χ4v) is 1.48. The lowest BCUT2D eigenvalue weighted by Gasteiger charge is -2.07. The molecule has 3 nitrogen and oxygen atoms in total. The number of pyridine rings is 1. The first kappa shape index (κ1) is 12.0. The Balaban J connectivity index is 2.79. The zero-order chi connectivity index (χ0) is 11.1. The molecule has 0 aliphatic heterocycles. The molecule has 84 valence electrons. The van der Waals surface area contributed by atoms with Gasteiger partial charge in [-0.25, -0.2) is 4.98 Å². The van der Waals surface area contributed by atoms with Gasteiger partial charge in [0.2, 0.25) is 5.88 Å². The summed E-state index contributed by atoms with van der Waals surface area (Å²) in [6.45, 7) is 6.12. The number of aryl methyl sites for hydroxylation is 1. The van der Waals surface area contributed by atoms with Crippen molar-refractivity contribution < 1.29 is 4.74 Å². The monoisotopic (exact) mass is 208 g/mol. The lowest BCUT2D eigenvalue weighted by atomic mass is 10.1. The molecular formula is C12H20N2O. The molecule has 0 fully saturated rings. The van der Waals surface area contributed by atoms with Crippen molar-refractivity contribution in [1.82, 2.24) is 10.3 Å². The average Bonchev–Trinajstić information content (AvgIpc) is 2.26. The van der Waals surface area contributed by atoms with Crippen LogP contribution in [0.15, 0.2) is 12.1 Å². The summed E-state index contributed by atoms with van der Waals surface area (Å²) in [6.07, 6.45) is 2.12. The topological polar surface area (TPSA) is 34.1 Å². The van der Waals surface area contributed by atoms with E-state index in [1.165, 1.54) is 5.56 Å². The molecule has 0 aromatic carbocycles. The minimum absolute atomic E-state index is 0.717. The predicted octanol–water partition coefficient (Wildman–Crippen LogP) is 2.15.